The summed E-state index contributed by atoms with van der Waals surface area (Å²) < 4.78 is 19.3. The molecule has 0 bridgehead atoms. The molecule has 1 aromatic heterocycles. The number of carbonyl (C=O) groups is 2. The van der Waals surface area contributed by atoms with E-state index in [2.05, 4.69) is 24.1 Å². The van der Waals surface area contributed by atoms with Crippen molar-refractivity contribution < 1.29 is 23.8 Å². The fraction of sp³-hybridized carbons (Fsp3) is 0.483. The van der Waals surface area contributed by atoms with Gasteiger partial charge in [-0.3, -0.25) is 14.6 Å². The minimum atomic E-state index is -1.30. The van der Waals surface area contributed by atoms with E-state index in [-0.39, 0.29) is 42.0 Å². The highest BCUT2D eigenvalue weighted by Gasteiger charge is 2.66. The summed E-state index contributed by atoms with van der Waals surface area (Å²) in [5.74, 6) is -1.29. The van der Waals surface area contributed by atoms with E-state index in [4.69, 9.17) is 4.74 Å². The quantitative estimate of drug-likeness (QED) is 0.452. The third-order valence-electron chi connectivity index (χ3n) is 7.98. The molecule has 0 radical (unpaired) electrons. The summed E-state index contributed by atoms with van der Waals surface area (Å²) in [5, 5.41) is 12.6. The lowest BCUT2D eigenvalue weighted by molar-refractivity contribution is -0.158. The first kappa shape index (κ1) is 26.0. The maximum absolute atomic E-state index is 13.6. The van der Waals surface area contributed by atoms with Gasteiger partial charge in [-0.25, -0.2) is 4.39 Å². The highest BCUT2D eigenvalue weighted by atomic mass is 19.1. The average Bonchev–Trinajstić information content (AvgIpc) is 3.09. The van der Waals surface area contributed by atoms with Crippen molar-refractivity contribution in [2.45, 2.75) is 52.7 Å². The second-order valence-corrected chi connectivity index (χ2v) is 11.1. The van der Waals surface area contributed by atoms with Crippen LogP contribution in [0.4, 0.5) is 4.39 Å². The van der Waals surface area contributed by atoms with Crippen molar-refractivity contribution >= 4 is 18.0 Å². The number of carbonyl (C=O) groups excluding carboxylic acids is 2. The molecular formula is C29H35FN2O4. The zero-order valence-electron chi connectivity index (χ0n) is 21.5. The lowest BCUT2D eigenvalue weighted by Crippen LogP contribution is -2.60. The summed E-state index contributed by atoms with van der Waals surface area (Å²) in [5.41, 5.74) is 0.145. The first-order chi connectivity index (χ1) is 17.0. The van der Waals surface area contributed by atoms with Crippen LogP contribution in [0.3, 0.4) is 0 Å². The van der Waals surface area contributed by atoms with Crippen molar-refractivity contribution in [3.63, 3.8) is 0 Å². The number of benzene rings is 1. The number of allylic oxidation sites excluding steroid dienone is 1. The first-order valence-corrected chi connectivity index (χ1v) is 12.5. The predicted octanol–water partition coefficient (Wildman–Crippen LogP) is 4.63. The molecule has 1 saturated carbocycles. The van der Waals surface area contributed by atoms with Crippen LogP contribution in [0.25, 0.3) is 17.2 Å². The van der Waals surface area contributed by atoms with E-state index in [9.17, 15) is 19.1 Å². The number of aliphatic hydroxyl groups excluding tert-OH is 1. The second kappa shape index (κ2) is 9.77. The molecular weight excluding hydrogens is 459 g/mol. The number of aromatic nitrogens is 1. The van der Waals surface area contributed by atoms with Crippen LogP contribution in [-0.2, 0) is 14.3 Å². The zero-order valence-corrected chi connectivity index (χ0v) is 21.5. The molecule has 6 atom stereocenters. The smallest absolute Gasteiger partial charge is 0.322 e. The van der Waals surface area contributed by atoms with Gasteiger partial charge in [-0.1, -0.05) is 38.1 Å². The number of cyclic esters (lactones) is 1. The number of esters is 1. The van der Waals surface area contributed by atoms with Crippen LogP contribution in [0.15, 0.2) is 48.7 Å². The van der Waals surface area contributed by atoms with Crippen molar-refractivity contribution in [1.29, 1.82) is 0 Å². The number of ether oxygens (including phenoxy) is 1. The molecule has 2 aliphatic rings. The van der Waals surface area contributed by atoms with Gasteiger partial charge in [0.15, 0.2) is 5.41 Å². The molecule has 2 fully saturated rings. The van der Waals surface area contributed by atoms with Gasteiger partial charge in [0.2, 0.25) is 5.91 Å². The lowest BCUT2D eigenvalue weighted by atomic mass is 9.54. The van der Waals surface area contributed by atoms with E-state index in [1.807, 2.05) is 37.3 Å². The lowest BCUT2D eigenvalue weighted by Gasteiger charge is -2.47. The number of aliphatic hydroxyl groups is 1. The van der Waals surface area contributed by atoms with Crippen LogP contribution < -0.4 is 5.32 Å². The van der Waals surface area contributed by atoms with Gasteiger partial charge in [-0.15, -0.1) is 0 Å². The van der Waals surface area contributed by atoms with Gasteiger partial charge in [0.05, 0.1) is 17.8 Å². The molecule has 6 nitrogen and oxygen atoms in total. The molecule has 4 rings (SSSR count). The van der Waals surface area contributed by atoms with E-state index in [0.717, 1.165) is 16.8 Å². The molecule has 5 unspecified atom stereocenters. The van der Waals surface area contributed by atoms with E-state index < -0.39 is 23.0 Å². The van der Waals surface area contributed by atoms with Gasteiger partial charge in [-0.2, -0.15) is 0 Å². The van der Waals surface area contributed by atoms with Gasteiger partial charge >= 0.3 is 5.97 Å². The van der Waals surface area contributed by atoms with Gasteiger partial charge in [-0.05, 0) is 74.8 Å². The Bertz CT molecular complexity index is 1160. The van der Waals surface area contributed by atoms with E-state index in [0.29, 0.717) is 6.42 Å². The number of amides is 1. The number of pyridine rings is 1. The molecule has 1 saturated heterocycles. The summed E-state index contributed by atoms with van der Waals surface area (Å²) in [4.78, 5) is 31.4. The Kier molecular flexibility index (Phi) is 7.06. The van der Waals surface area contributed by atoms with Crippen LogP contribution in [-0.4, -0.2) is 40.2 Å². The summed E-state index contributed by atoms with van der Waals surface area (Å²) in [6.45, 7) is 9.28. The Balaban J connectivity index is 1.64. The maximum atomic E-state index is 13.6. The van der Waals surface area contributed by atoms with Gasteiger partial charge in [0.25, 0.3) is 0 Å². The molecule has 36 heavy (non-hydrogen) atoms. The van der Waals surface area contributed by atoms with Crippen LogP contribution >= 0.6 is 0 Å². The van der Waals surface area contributed by atoms with Gasteiger partial charge < -0.3 is 15.2 Å². The minimum Gasteiger partial charge on any atom is -0.461 e. The molecule has 0 spiro atoms. The summed E-state index contributed by atoms with van der Waals surface area (Å²) in [6, 6.07) is 10.1. The predicted molar refractivity (Wildman–Crippen MR) is 136 cm³/mol. The van der Waals surface area contributed by atoms with Crippen LogP contribution in [0.2, 0.25) is 0 Å². The fourth-order valence-corrected chi connectivity index (χ4v) is 5.79. The van der Waals surface area contributed by atoms with Crippen molar-refractivity contribution in [1.82, 2.24) is 10.3 Å². The normalized spacial score (nSPS) is 30.2. The van der Waals surface area contributed by atoms with Crippen LogP contribution in [0.5, 0.6) is 0 Å². The number of nitrogens with one attached hydrogen (secondary N) is 1. The van der Waals surface area contributed by atoms with E-state index in [1.165, 1.54) is 12.1 Å². The Morgan fingerprint density at radius 2 is 2.00 bits per heavy atom. The van der Waals surface area contributed by atoms with Crippen molar-refractivity contribution in [3.05, 3.63) is 60.2 Å². The van der Waals surface area contributed by atoms with E-state index >= 15 is 0 Å². The number of hydrogen-bond donors (Lipinski definition) is 2. The monoisotopic (exact) mass is 494 g/mol. The number of hydrogen-bond acceptors (Lipinski definition) is 5. The second-order valence-electron chi connectivity index (χ2n) is 11.1. The largest absolute Gasteiger partial charge is 0.461 e. The minimum absolute atomic E-state index is 0.0946. The number of rotatable bonds is 6. The van der Waals surface area contributed by atoms with Crippen molar-refractivity contribution in [2.75, 3.05) is 6.61 Å². The van der Waals surface area contributed by atoms with Crippen LogP contribution in [0.1, 0.15) is 46.7 Å². The zero-order chi connectivity index (χ0) is 26.3. The Morgan fingerprint density at radius 3 is 2.64 bits per heavy atom. The van der Waals surface area contributed by atoms with E-state index in [1.54, 1.807) is 26.1 Å². The number of nitrogens with zero attached hydrogens (tertiary/aromatic N) is 1. The molecule has 7 heteroatoms. The Hall–Kier alpha value is -3.06. The molecule has 2 heterocycles. The van der Waals surface area contributed by atoms with Crippen molar-refractivity contribution in [3.8, 4) is 11.1 Å². The molecule has 1 aliphatic heterocycles. The summed E-state index contributed by atoms with van der Waals surface area (Å²) >= 11 is 0. The van der Waals surface area contributed by atoms with Gasteiger partial charge in [0, 0.05) is 17.7 Å². The summed E-state index contributed by atoms with van der Waals surface area (Å²) in [7, 11) is 0. The molecule has 2 N–H and O–H groups in total. The highest BCUT2D eigenvalue weighted by Crippen LogP contribution is 2.56. The Morgan fingerprint density at radius 1 is 1.25 bits per heavy atom. The molecule has 1 aromatic carbocycles. The third kappa shape index (κ3) is 4.69. The number of fused-ring (bicyclic) bond motifs is 1. The standard InChI is InChI=1S/C29H35FN2O4/c1-17-14-29(26(34)32-28(4,5)16-33)25(19(3)36-27(29)35)24(18(17)2)12-11-23-10-9-21(15-31-23)20-7-6-8-22(30)13-20/h6-13,15,17-19,24-25,33H,14,16H2,1-5H3,(H,32,34)/b12-11+/t17?,18?,19?,24?,25?,29-/m1/s1. The SMILES string of the molecule is CC1C[C@@]2(C(=O)NC(C)(C)CO)C(=O)OC(C)C2C(/C=C/c2ccc(-c3cccc(F)c3)cn2)C1C. The first-order valence-electron chi connectivity index (χ1n) is 12.5. The average molecular weight is 495 g/mol. The maximum Gasteiger partial charge on any atom is 0.322 e. The highest BCUT2D eigenvalue weighted by molar-refractivity contribution is 6.05. The fourth-order valence-electron chi connectivity index (χ4n) is 5.79. The van der Waals surface area contributed by atoms with Crippen LogP contribution in [0, 0.1) is 34.9 Å². The molecule has 192 valence electrons. The Labute approximate surface area is 212 Å². The molecule has 2 aromatic rings. The third-order valence-corrected chi connectivity index (χ3v) is 7.98. The molecule has 1 amide bonds. The van der Waals surface area contributed by atoms with Crippen molar-refractivity contribution in [2.24, 2.45) is 29.1 Å². The molecule has 1 aliphatic carbocycles. The topological polar surface area (TPSA) is 88.5 Å². The van der Waals surface area contributed by atoms with Gasteiger partial charge in [0.1, 0.15) is 11.9 Å². The summed E-state index contributed by atoms with van der Waals surface area (Å²) in [6.07, 6.45) is 5.66. The number of halogens is 1.